The van der Waals surface area contributed by atoms with Gasteiger partial charge in [0.25, 0.3) is 0 Å². The summed E-state index contributed by atoms with van der Waals surface area (Å²) in [6.45, 7) is 6.89. The zero-order valence-corrected chi connectivity index (χ0v) is 12.5. The molecule has 1 aliphatic carbocycles. The van der Waals surface area contributed by atoms with Crippen molar-refractivity contribution in [2.24, 2.45) is 5.92 Å². The number of nitrogens with zero attached hydrogens (tertiary/aromatic N) is 1. The van der Waals surface area contributed by atoms with Crippen LogP contribution in [0.15, 0.2) is 0 Å². The Kier molecular flexibility index (Phi) is 4.48. The molecule has 1 rings (SSSR count). The van der Waals surface area contributed by atoms with Gasteiger partial charge in [-0.1, -0.05) is 19.3 Å². The van der Waals surface area contributed by atoms with E-state index in [2.05, 4.69) is 0 Å². The van der Waals surface area contributed by atoms with Crippen molar-refractivity contribution in [2.75, 3.05) is 7.05 Å². The van der Waals surface area contributed by atoms with Crippen LogP contribution < -0.4 is 0 Å². The third-order valence-corrected chi connectivity index (χ3v) is 3.78. The van der Waals surface area contributed by atoms with Gasteiger partial charge < -0.3 is 9.84 Å². The molecule has 1 N–H and O–H groups in total. The first-order chi connectivity index (χ1) is 8.56. The van der Waals surface area contributed by atoms with Gasteiger partial charge in [0.1, 0.15) is 11.1 Å². The van der Waals surface area contributed by atoms with E-state index in [4.69, 9.17) is 4.74 Å². The Balaban J connectivity index is 2.79. The summed E-state index contributed by atoms with van der Waals surface area (Å²) in [6.07, 6.45) is 3.14. The zero-order chi connectivity index (χ0) is 14.8. The molecule has 0 aliphatic heterocycles. The van der Waals surface area contributed by atoms with E-state index in [-0.39, 0.29) is 0 Å². The molecule has 5 heteroatoms. The van der Waals surface area contributed by atoms with Crippen molar-refractivity contribution in [1.82, 2.24) is 4.90 Å². The summed E-state index contributed by atoms with van der Waals surface area (Å²) in [4.78, 5) is 24.8. The van der Waals surface area contributed by atoms with Gasteiger partial charge in [0.05, 0.1) is 0 Å². The van der Waals surface area contributed by atoms with E-state index in [1.54, 1.807) is 27.7 Å². The fourth-order valence-electron chi connectivity index (χ4n) is 2.16. The molecule has 0 bridgehead atoms. The van der Waals surface area contributed by atoms with Crippen LogP contribution in [0.25, 0.3) is 0 Å². The highest BCUT2D eigenvalue weighted by molar-refractivity contribution is 5.84. The van der Waals surface area contributed by atoms with Crippen molar-refractivity contribution >= 4 is 12.1 Å². The largest absolute Gasteiger partial charge is 0.480 e. The number of amides is 1. The van der Waals surface area contributed by atoms with Crippen LogP contribution in [0, 0.1) is 5.92 Å². The van der Waals surface area contributed by atoms with Crippen LogP contribution >= 0.6 is 0 Å². The lowest BCUT2D eigenvalue weighted by molar-refractivity contribution is -0.151. The monoisotopic (exact) mass is 271 g/mol. The third-order valence-electron chi connectivity index (χ3n) is 3.78. The number of likely N-dealkylation sites (N-methyl/N-ethyl adjacent to an activating group) is 1. The first kappa shape index (κ1) is 15.8. The molecular formula is C14H25NO4. The van der Waals surface area contributed by atoms with E-state index in [9.17, 15) is 14.7 Å². The highest BCUT2D eigenvalue weighted by Crippen LogP contribution is 2.36. The summed E-state index contributed by atoms with van der Waals surface area (Å²) in [5, 5.41) is 9.47. The average Bonchev–Trinajstić information content (AvgIpc) is 2.19. The smallest absolute Gasteiger partial charge is 0.410 e. The van der Waals surface area contributed by atoms with Gasteiger partial charge in [-0.2, -0.15) is 0 Å². The van der Waals surface area contributed by atoms with Gasteiger partial charge in [0, 0.05) is 7.05 Å². The number of carboxylic acid groups (broad SMARTS) is 1. The van der Waals surface area contributed by atoms with Gasteiger partial charge in [-0.3, -0.25) is 4.90 Å². The summed E-state index contributed by atoms with van der Waals surface area (Å²) in [5.74, 6) is -0.584. The molecule has 0 saturated heterocycles. The lowest BCUT2D eigenvalue weighted by Gasteiger charge is -2.40. The number of hydrogen-bond acceptors (Lipinski definition) is 3. The number of ether oxygens (including phenoxy) is 1. The third kappa shape index (κ3) is 3.85. The van der Waals surface area contributed by atoms with Crippen LogP contribution in [-0.2, 0) is 9.53 Å². The molecule has 0 spiro atoms. The van der Waals surface area contributed by atoms with Crippen molar-refractivity contribution in [3.05, 3.63) is 0 Å². The predicted molar refractivity (Wildman–Crippen MR) is 72.0 cm³/mol. The predicted octanol–water partition coefficient (Wildman–Crippen LogP) is 2.89. The van der Waals surface area contributed by atoms with Crippen molar-refractivity contribution < 1.29 is 19.4 Å². The molecule has 110 valence electrons. The second-order valence-corrected chi connectivity index (χ2v) is 6.62. The summed E-state index contributed by atoms with van der Waals surface area (Å²) in [7, 11) is 1.50. The molecular weight excluding hydrogens is 246 g/mol. The molecule has 19 heavy (non-hydrogen) atoms. The number of carbonyl (C=O) groups is 2. The molecule has 1 atom stereocenters. The van der Waals surface area contributed by atoms with E-state index < -0.39 is 23.2 Å². The van der Waals surface area contributed by atoms with Crippen molar-refractivity contribution in [3.8, 4) is 0 Å². The molecule has 0 aromatic carbocycles. The quantitative estimate of drug-likeness (QED) is 0.853. The van der Waals surface area contributed by atoms with Crippen LogP contribution in [0.3, 0.4) is 0 Å². The minimum absolute atomic E-state index is 0.394. The Morgan fingerprint density at radius 1 is 1.26 bits per heavy atom. The number of hydrogen-bond donors (Lipinski definition) is 1. The minimum Gasteiger partial charge on any atom is -0.480 e. The Morgan fingerprint density at radius 2 is 1.79 bits per heavy atom. The maximum Gasteiger partial charge on any atom is 0.410 e. The van der Waals surface area contributed by atoms with Gasteiger partial charge >= 0.3 is 12.1 Å². The molecule has 0 aromatic heterocycles. The highest BCUT2D eigenvalue weighted by atomic mass is 16.6. The molecule has 1 fully saturated rings. The SMILES string of the molecule is CN(C(=O)OC(C)(C)C)C(C)(CC1CCC1)C(=O)O. The van der Waals surface area contributed by atoms with E-state index in [1.165, 1.54) is 11.9 Å². The van der Waals surface area contributed by atoms with E-state index in [1.807, 2.05) is 0 Å². The zero-order valence-electron chi connectivity index (χ0n) is 12.5. The lowest BCUT2D eigenvalue weighted by atomic mass is 9.76. The molecule has 0 aromatic rings. The van der Waals surface area contributed by atoms with Gasteiger partial charge in [-0.25, -0.2) is 9.59 Å². The summed E-state index contributed by atoms with van der Waals surface area (Å²) >= 11 is 0. The summed E-state index contributed by atoms with van der Waals surface area (Å²) < 4.78 is 5.25. The Hall–Kier alpha value is -1.26. The Labute approximate surface area is 114 Å². The number of carboxylic acids is 1. The Morgan fingerprint density at radius 3 is 2.11 bits per heavy atom. The van der Waals surface area contributed by atoms with Gasteiger partial charge in [0.15, 0.2) is 0 Å². The van der Waals surface area contributed by atoms with Crippen molar-refractivity contribution in [3.63, 3.8) is 0 Å². The number of carbonyl (C=O) groups excluding carboxylic acids is 1. The van der Waals surface area contributed by atoms with Crippen LogP contribution in [-0.4, -0.2) is 40.3 Å². The van der Waals surface area contributed by atoms with Crippen molar-refractivity contribution in [2.45, 2.75) is 64.5 Å². The van der Waals surface area contributed by atoms with Crippen molar-refractivity contribution in [1.29, 1.82) is 0 Å². The van der Waals surface area contributed by atoms with Gasteiger partial charge in [-0.05, 0) is 40.0 Å². The second kappa shape index (κ2) is 5.39. The molecule has 1 unspecified atom stereocenters. The van der Waals surface area contributed by atoms with Crippen LogP contribution in [0.2, 0.25) is 0 Å². The fraction of sp³-hybridized carbons (Fsp3) is 0.857. The summed E-state index contributed by atoms with van der Waals surface area (Å²) in [6, 6.07) is 0. The van der Waals surface area contributed by atoms with Gasteiger partial charge in [-0.15, -0.1) is 0 Å². The highest BCUT2D eigenvalue weighted by Gasteiger charge is 2.44. The van der Waals surface area contributed by atoms with E-state index >= 15 is 0 Å². The van der Waals surface area contributed by atoms with E-state index in [0.29, 0.717) is 12.3 Å². The summed E-state index contributed by atoms with van der Waals surface area (Å²) in [5.41, 5.74) is -1.82. The topological polar surface area (TPSA) is 66.8 Å². The van der Waals surface area contributed by atoms with Crippen LogP contribution in [0.5, 0.6) is 0 Å². The van der Waals surface area contributed by atoms with Crippen LogP contribution in [0.1, 0.15) is 53.4 Å². The number of rotatable bonds is 4. The first-order valence-corrected chi connectivity index (χ1v) is 6.76. The van der Waals surface area contributed by atoms with Gasteiger partial charge in [0.2, 0.25) is 0 Å². The standard InChI is InChI=1S/C14H25NO4/c1-13(2,3)19-12(18)15(5)14(4,11(16)17)9-10-7-6-8-10/h10H,6-9H2,1-5H3,(H,16,17). The molecule has 0 heterocycles. The molecule has 1 amide bonds. The van der Waals surface area contributed by atoms with Crippen LogP contribution in [0.4, 0.5) is 4.79 Å². The van der Waals surface area contributed by atoms with E-state index in [0.717, 1.165) is 19.3 Å². The first-order valence-electron chi connectivity index (χ1n) is 6.76. The molecule has 0 radical (unpaired) electrons. The molecule has 1 saturated carbocycles. The fourth-order valence-corrected chi connectivity index (χ4v) is 2.16. The minimum atomic E-state index is -1.20. The normalized spacial score (nSPS) is 19.2. The molecule has 1 aliphatic rings. The second-order valence-electron chi connectivity index (χ2n) is 6.62. The Bertz CT molecular complexity index is 357. The molecule has 5 nitrogen and oxygen atoms in total. The maximum absolute atomic E-state index is 12.0. The maximum atomic E-state index is 12.0. The lowest BCUT2D eigenvalue weighted by Crippen LogP contribution is -2.55. The number of aliphatic carboxylic acids is 1. The average molecular weight is 271 g/mol.